The molecule has 0 nitrogen and oxygen atoms in total. The molecule has 0 rings (SSSR count). The van der Waals surface area contributed by atoms with E-state index >= 15 is 0 Å². The van der Waals surface area contributed by atoms with Gasteiger partial charge in [0, 0.05) is 5.16 Å². The molecule has 0 fully saturated rings. The fraction of sp³-hybridized carbons (Fsp3) is 1.00. The Hall–Kier alpha value is 0.360. The van der Waals surface area contributed by atoms with Gasteiger partial charge in [0.15, 0.2) is 0 Å². The predicted molar refractivity (Wildman–Crippen MR) is 29.8 cm³/mol. The number of halogens is 1. The maximum atomic E-state index is 11.5. The van der Waals surface area contributed by atoms with Gasteiger partial charge in [-0.3, -0.25) is 4.39 Å². The minimum absolute atomic E-state index is 0.208. The van der Waals surface area contributed by atoms with Crippen molar-refractivity contribution < 1.29 is 4.39 Å². The van der Waals surface area contributed by atoms with Gasteiger partial charge in [-0.2, -0.15) is 0 Å². The fourth-order valence-electron chi connectivity index (χ4n) is 0. The largest absolute Gasteiger partial charge is 0.250 e. The van der Waals surface area contributed by atoms with Gasteiger partial charge in [0.05, 0.1) is 6.67 Å². The maximum Gasteiger partial charge on any atom is 0.0979 e. The summed E-state index contributed by atoms with van der Waals surface area (Å²) in [6.07, 6.45) is 0. The summed E-state index contributed by atoms with van der Waals surface area (Å²) < 4.78 is 11.5. The second kappa shape index (κ2) is 1.88. The zero-order chi connectivity index (χ0) is 5.21. The zero-order valence-electron chi connectivity index (χ0n) is 4.16. The molecule has 38 valence electrons. The first-order valence-electron chi connectivity index (χ1n) is 1.91. The summed E-state index contributed by atoms with van der Waals surface area (Å²) in [4.78, 5) is 0. The lowest BCUT2D eigenvalue weighted by Gasteiger charge is -2.09. The van der Waals surface area contributed by atoms with E-state index in [1.165, 1.54) is 0 Å². The molecule has 0 aliphatic carbocycles. The van der Waals surface area contributed by atoms with Crippen LogP contribution in [0.3, 0.4) is 0 Å². The Balaban J connectivity index is 3.17. The minimum Gasteiger partial charge on any atom is -0.250 e. The molecule has 0 aromatic rings. The molecule has 0 aliphatic rings. The smallest absolute Gasteiger partial charge is 0.0979 e. The Bertz CT molecular complexity index is 37.3. The SMILES string of the molecule is CC(C)(P)CF. The third kappa shape index (κ3) is 4.36. The molecule has 0 aliphatic heterocycles. The lowest BCUT2D eigenvalue weighted by atomic mass is 10.2. The van der Waals surface area contributed by atoms with Crippen LogP contribution in [-0.2, 0) is 0 Å². The molecule has 0 N–H and O–H groups in total. The van der Waals surface area contributed by atoms with Crippen LogP contribution in [-0.4, -0.2) is 11.8 Å². The highest BCUT2D eigenvalue weighted by molar-refractivity contribution is 7.18. The van der Waals surface area contributed by atoms with E-state index in [-0.39, 0.29) is 11.8 Å². The van der Waals surface area contributed by atoms with E-state index in [0.717, 1.165) is 0 Å². The molecule has 0 spiro atoms. The molecule has 2 heteroatoms. The van der Waals surface area contributed by atoms with Crippen molar-refractivity contribution in [2.24, 2.45) is 0 Å². The number of rotatable bonds is 1. The van der Waals surface area contributed by atoms with Crippen molar-refractivity contribution in [2.45, 2.75) is 19.0 Å². The highest BCUT2D eigenvalue weighted by Gasteiger charge is 2.06. The van der Waals surface area contributed by atoms with Gasteiger partial charge in [0.2, 0.25) is 0 Å². The van der Waals surface area contributed by atoms with Crippen LogP contribution in [0, 0.1) is 0 Å². The van der Waals surface area contributed by atoms with Gasteiger partial charge in [-0.15, -0.1) is 9.24 Å². The average molecular weight is 108 g/mol. The molecule has 0 saturated heterocycles. The molecule has 0 saturated carbocycles. The Morgan fingerprint density at radius 3 is 1.83 bits per heavy atom. The van der Waals surface area contributed by atoms with Gasteiger partial charge < -0.3 is 0 Å². The first-order valence-corrected chi connectivity index (χ1v) is 2.49. The second-order valence-electron chi connectivity index (χ2n) is 2.12. The van der Waals surface area contributed by atoms with Crippen LogP contribution in [0.5, 0.6) is 0 Å². The van der Waals surface area contributed by atoms with Gasteiger partial charge >= 0.3 is 0 Å². The van der Waals surface area contributed by atoms with E-state index in [0.29, 0.717) is 0 Å². The molecule has 0 aromatic carbocycles. The number of hydrogen-bond donors (Lipinski definition) is 0. The summed E-state index contributed by atoms with van der Waals surface area (Å²) in [5.41, 5.74) is 0. The molecule has 1 unspecified atom stereocenters. The molecule has 6 heavy (non-hydrogen) atoms. The molecule has 1 atom stereocenters. The summed E-state index contributed by atoms with van der Waals surface area (Å²) in [7, 11) is 2.42. The van der Waals surface area contributed by atoms with Crippen molar-refractivity contribution in [3.63, 3.8) is 0 Å². The third-order valence-electron chi connectivity index (χ3n) is 0.344. The highest BCUT2D eigenvalue weighted by Crippen LogP contribution is 2.14. The number of hydrogen-bond acceptors (Lipinski definition) is 0. The van der Waals surface area contributed by atoms with E-state index in [2.05, 4.69) is 9.24 Å². The summed E-state index contributed by atoms with van der Waals surface area (Å²) in [6, 6.07) is 0. The van der Waals surface area contributed by atoms with E-state index in [4.69, 9.17) is 0 Å². The second-order valence-corrected chi connectivity index (χ2v) is 3.69. The average Bonchev–Trinajstić information content (AvgIpc) is 1.35. The van der Waals surface area contributed by atoms with E-state index in [9.17, 15) is 4.39 Å². The third-order valence-corrected chi connectivity index (χ3v) is 0.499. The molecule has 0 aromatic heterocycles. The van der Waals surface area contributed by atoms with Crippen molar-refractivity contribution in [3.8, 4) is 0 Å². The molecular weight excluding hydrogens is 98.0 g/mol. The summed E-state index contributed by atoms with van der Waals surface area (Å²) >= 11 is 0. The van der Waals surface area contributed by atoms with Gasteiger partial charge in [0.25, 0.3) is 0 Å². The van der Waals surface area contributed by atoms with Crippen LogP contribution in [0.2, 0.25) is 0 Å². The Labute approximate surface area is 40.3 Å². The van der Waals surface area contributed by atoms with Crippen LogP contribution in [0.4, 0.5) is 4.39 Å². The maximum absolute atomic E-state index is 11.5. The van der Waals surface area contributed by atoms with Gasteiger partial charge in [-0.1, -0.05) is 13.8 Å². The molecule has 0 radical (unpaired) electrons. The summed E-state index contributed by atoms with van der Waals surface area (Å²) in [6.45, 7) is 3.40. The monoisotopic (exact) mass is 108 g/mol. The fourth-order valence-corrected chi connectivity index (χ4v) is 0. The Morgan fingerprint density at radius 1 is 1.67 bits per heavy atom. The summed E-state index contributed by atoms with van der Waals surface area (Å²) in [5.74, 6) is 0. The quantitative estimate of drug-likeness (QED) is 0.447. The van der Waals surface area contributed by atoms with Gasteiger partial charge in [0.1, 0.15) is 0 Å². The van der Waals surface area contributed by atoms with E-state index < -0.39 is 0 Å². The van der Waals surface area contributed by atoms with E-state index in [1.807, 2.05) is 13.8 Å². The van der Waals surface area contributed by atoms with E-state index in [1.54, 1.807) is 0 Å². The molecule has 0 bridgehead atoms. The van der Waals surface area contributed by atoms with Crippen molar-refractivity contribution in [2.75, 3.05) is 6.67 Å². The van der Waals surface area contributed by atoms with Gasteiger partial charge in [-0.25, -0.2) is 0 Å². The normalized spacial score (nSPS) is 12.0. The Kier molecular flexibility index (Phi) is 1.99. The molecular formula is C4H10FP. The highest BCUT2D eigenvalue weighted by atomic mass is 31.0. The van der Waals surface area contributed by atoms with Crippen LogP contribution >= 0.6 is 9.24 Å². The van der Waals surface area contributed by atoms with Crippen LogP contribution in [0.15, 0.2) is 0 Å². The lowest BCUT2D eigenvalue weighted by molar-refractivity contribution is 0.431. The van der Waals surface area contributed by atoms with Crippen molar-refractivity contribution in [1.29, 1.82) is 0 Å². The van der Waals surface area contributed by atoms with Gasteiger partial charge in [-0.05, 0) is 0 Å². The van der Waals surface area contributed by atoms with Crippen LogP contribution in [0.1, 0.15) is 13.8 Å². The Morgan fingerprint density at radius 2 is 1.83 bits per heavy atom. The zero-order valence-corrected chi connectivity index (χ0v) is 5.32. The number of alkyl halides is 1. The standard InChI is InChI=1S/C4H10FP/c1-4(2,6)3-5/h3,6H2,1-2H3. The first kappa shape index (κ1) is 6.36. The van der Waals surface area contributed by atoms with Crippen LogP contribution < -0.4 is 0 Å². The topological polar surface area (TPSA) is 0 Å². The van der Waals surface area contributed by atoms with Crippen molar-refractivity contribution >= 4 is 9.24 Å². The molecule has 0 amide bonds. The van der Waals surface area contributed by atoms with Crippen molar-refractivity contribution in [1.82, 2.24) is 0 Å². The van der Waals surface area contributed by atoms with Crippen LogP contribution in [0.25, 0.3) is 0 Å². The molecule has 0 heterocycles. The minimum atomic E-state index is -0.266. The summed E-state index contributed by atoms with van der Waals surface area (Å²) in [5, 5.41) is -0.208. The first-order chi connectivity index (χ1) is 2.56. The predicted octanol–water partition coefficient (Wildman–Crippen LogP) is 1.61. The lowest BCUT2D eigenvalue weighted by Crippen LogP contribution is -2.10. The van der Waals surface area contributed by atoms with Crippen molar-refractivity contribution in [3.05, 3.63) is 0 Å².